The van der Waals surface area contributed by atoms with Gasteiger partial charge in [-0.3, -0.25) is 9.59 Å². The van der Waals surface area contributed by atoms with E-state index >= 15 is 0 Å². The van der Waals surface area contributed by atoms with Crippen molar-refractivity contribution in [2.75, 3.05) is 20.8 Å². The number of amides is 2. The molecule has 0 bridgehead atoms. The molecule has 0 aliphatic rings. The predicted octanol–water partition coefficient (Wildman–Crippen LogP) is 1.28. The Morgan fingerprint density at radius 3 is 2.23 bits per heavy atom. The Hall–Kier alpha value is -2.24. The fraction of sp³-hybridized carbons (Fsp3) is 0.500. The Morgan fingerprint density at radius 1 is 1.14 bits per heavy atom. The van der Waals surface area contributed by atoms with Crippen LogP contribution in [-0.4, -0.2) is 38.6 Å². The van der Waals surface area contributed by atoms with Gasteiger partial charge < -0.3 is 20.1 Å². The summed E-state index contributed by atoms with van der Waals surface area (Å²) in [7, 11) is 3.17. The average molecular weight is 308 g/mol. The number of benzene rings is 1. The number of methoxy groups -OCH3 is 2. The standard InChI is InChI=1S/C16H24N2O4/c1-5-17-16(20)11(2)18-15(19)7-6-12-8-13(21-3)10-14(9-12)22-4/h8-11H,5-7H2,1-4H3,(H,17,20)(H,18,19)/t11-/m1/s1. The zero-order valence-electron chi connectivity index (χ0n) is 13.6. The second-order valence-electron chi connectivity index (χ2n) is 4.90. The molecule has 122 valence electrons. The number of aryl methyl sites for hydroxylation is 1. The lowest BCUT2D eigenvalue weighted by Gasteiger charge is -2.13. The zero-order chi connectivity index (χ0) is 16.5. The number of ether oxygens (including phenoxy) is 2. The van der Waals surface area contributed by atoms with Gasteiger partial charge in [0.1, 0.15) is 17.5 Å². The topological polar surface area (TPSA) is 76.7 Å². The first-order valence-corrected chi connectivity index (χ1v) is 7.29. The highest BCUT2D eigenvalue weighted by Gasteiger charge is 2.14. The molecule has 0 saturated heterocycles. The van der Waals surface area contributed by atoms with Gasteiger partial charge in [0.15, 0.2) is 0 Å². The van der Waals surface area contributed by atoms with Crippen LogP contribution in [0.25, 0.3) is 0 Å². The molecule has 0 fully saturated rings. The summed E-state index contributed by atoms with van der Waals surface area (Å²) >= 11 is 0. The Kier molecular flexibility index (Phi) is 7.22. The normalized spacial score (nSPS) is 11.5. The first-order chi connectivity index (χ1) is 10.5. The van der Waals surface area contributed by atoms with E-state index in [9.17, 15) is 9.59 Å². The Bertz CT molecular complexity index is 495. The van der Waals surface area contributed by atoms with Crippen molar-refractivity contribution in [2.45, 2.75) is 32.7 Å². The summed E-state index contributed by atoms with van der Waals surface area (Å²) in [5, 5.41) is 5.35. The molecule has 0 unspecified atom stereocenters. The van der Waals surface area contributed by atoms with Crippen LogP contribution >= 0.6 is 0 Å². The number of likely N-dealkylation sites (N-methyl/N-ethyl adjacent to an activating group) is 1. The van der Waals surface area contributed by atoms with E-state index < -0.39 is 6.04 Å². The molecule has 6 nitrogen and oxygen atoms in total. The Balaban J connectivity index is 2.55. The first-order valence-electron chi connectivity index (χ1n) is 7.29. The number of rotatable bonds is 8. The summed E-state index contributed by atoms with van der Waals surface area (Å²) in [4.78, 5) is 23.5. The SMILES string of the molecule is CCNC(=O)[C@@H](C)NC(=O)CCc1cc(OC)cc(OC)c1. The van der Waals surface area contributed by atoms with Crippen LogP contribution in [0.2, 0.25) is 0 Å². The highest BCUT2D eigenvalue weighted by molar-refractivity contribution is 5.87. The van der Waals surface area contributed by atoms with E-state index in [4.69, 9.17) is 9.47 Å². The van der Waals surface area contributed by atoms with E-state index in [0.717, 1.165) is 5.56 Å². The van der Waals surface area contributed by atoms with Crippen molar-refractivity contribution in [3.05, 3.63) is 23.8 Å². The van der Waals surface area contributed by atoms with Crippen LogP contribution in [-0.2, 0) is 16.0 Å². The molecular formula is C16H24N2O4. The monoisotopic (exact) mass is 308 g/mol. The van der Waals surface area contributed by atoms with Gasteiger partial charge in [-0.25, -0.2) is 0 Å². The maximum Gasteiger partial charge on any atom is 0.242 e. The molecule has 0 radical (unpaired) electrons. The van der Waals surface area contributed by atoms with Crippen molar-refractivity contribution in [2.24, 2.45) is 0 Å². The minimum absolute atomic E-state index is 0.166. The molecular weight excluding hydrogens is 284 g/mol. The summed E-state index contributed by atoms with van der Waals surface area (Å²) < 4.78 is 10.4. The highest BCUT2D eigenvalue weighted by atomic mass is 16.5. The van der Waals surface area contributed by atoms with E-state index in [1.165, 1.54) is 0 Å². The molecule has 1 aromatic carbocycles. The smallest absolute Gasteiger partial charge is 0.242 e. The van der Waals surface area contributed by atoms with Gasteiger partial charge in [-0.15, -0.1) is 0 Å². The molecule has 0 saturated carbocycles. The number of hydrogen-bond acceptors (Lipinski definition) is 4. The number of hydrogen-bond donors (Lipinski definition) is 2. The van der Waals surface area contributed by atoms with Crippen LogP contribution in [0.5, 0.6) is 11.5 Å². The molecule has 0 heterocycles. The summed E-state index contributed by atoms with van der Waals surface area (Å²) in [6.45, 7) is 4.04. The van der Waals surface area contributed by atoms with Crippen molar-refractivity contribution in [3.63, 3.8) is 0 Å². The molecule has 2 N–H and O–H groups in total. The van der Waals surface area contributed by atoms with Gasteiger partial charge in [0.2, 0.25) is 11.8 Å². The second-order valence-corrected chi connectivity index (χ2v) is 4.90. The van der Waals surface area contributed by atoms with E-state index in [1.807, 2.05) is 19.1 Å². The van der Waals surface area contributed by atoms with E-state index in [1.54, 1.807) is 27.2 Å². The van der Waals surface area contributed by atoms with Crippen molar-refractivity contribution in [1.82, 2.24) is 10.6 Å². The zero-order valence-corrected chi connectivity index (χ0v) is 13.6. The van der Waals surface area contributed by atoms with Gasteiger partial charge in [0.25, 0.3) is 0 Å². The van der Waals surface area contributed by atoms with Crippen LogP contribution in [0.4, 0.5) is 0 Å². The van der Waals surface area contributed by atoms with Gasteiger partial charge >= 0.3 is 0 Å². The summed E-state index contributed by atoms with van der Waals surface area (Å²) in [5.41, 5.74) is 0.942. The van der Waals surface area contributed by atoms with Gasteiger partial charge in [-0.2, -0.15) is 0 Å². The molecule has 1 atom stereocenters. The minimum atomic E-state index is -0.535. The maximum atomic E-state index is 11.9. The van der Waals surface area contributed by atoms with Crippen molar-refractivity contribution >= 4 is 11.8 Å². The molecule has 22 heavy (non-hydrogen) atoms. The van der Waals surface area contributed by atoms with Crippen LogP contribution in [0.1, 0.15) is 25.8 Å². The fourth-order valence-electron chi connectivity index (χ4n) is 1.98. The molecule has 1 aromatic rings. The fourth-order valence-corrected chi connectivity index (χ4v) is 1.98. The van der Waals surface area contributed by atoms with Gasteiger partial charge in [0, 0.05) is 19.0 Å². The molecule has 6 heteroatoms. The highest BCUT2D eigenvalue weighted by Crippen LogP contribution is 2.23. The number of carbonyl (C=O) groups excluding carboxylic acids is 2. The minimum Gasteiger partial charge on any atom is -0.497 e. The predicted molar refractivity (Wildman–Crippen MR) is 84.2 cm³/mol. The molecule has 0 aliphatic heterocycles. The second kappa shape index (κ2) is 8.92. The third kappa shape index (κ3) is 5.63. The molecule has 2 amide bonds. The van der Waals surface area contributed by atoms with E-state index in [2.05, 4.69) is 10.6 Å². The summed E-state index contributed by atoms with van der Waals surface area (Å²) in [6.07, 6.45) is 0.835. The molecule has 1 rings (SSSR count). The van der Waals surface area contributed by atoms with Crippen LogP contribution in [0, 0.1) is 0 Å². The molecule has 0 spiro atoms. The van der Waals surface area contributed by atoms with Crippen molar-refractivity contribution < 1.29 is 19.1 Å². The lowest BCUT2D eigenvalue weighted by Crippen LogP contribution is -2.44. The third-order valence-corrected chi connectivity index (χ3v) is 3.17. The van der Waals surface area contributed by atoms with Crippen molar-refractivity contribution in [3.8, 4) is 11.5 Å². The average Bonchev–Trinajstić information content (AvgIpc) is 2.52. The van der Waals surface area contributed by atoms with E-state index in [-0.39, 0.29) is 11.8 Å². The summed E-state index contributed by atoms with van der Waals surface area (Å²) in [6, 6.07) is 4.97. The van der Waals surface area contributed by atoms with Gasteiger partial charge in [-0.05, 0) is 38.0 Å². The Labute approximate surface area is 131 Å². The van der Waals surface area contributed by atoms with Gasteiger partial charge in [0.05, 0.1) is 14.2 Å². The number of nitrogens with one attached hydrogen (secondary N) is 2. The molecule has 0 aliphatic carbocycles. The number of carbonyl (C=O) groups is 2. The Morgan fingerprint density at radius 2 is 1.73 bits per heavy atom. The maximum absolute atomic E-state index is 11.9. The van der Waals surface area contributed by atoms with Crippen LogP contribution in [0.3, 0.4) is 0 Å². The van der Waals surface area contributed by atoms with Gasteiger partial charge in [-0.1, -0.05) is 0 Å². The van der Waals surface area contributed by atoms with Crippen LogP contribution < -0.4 is 20.1 Å². The molecule has 0 aromatic heterocycles. The third-order valence-electron chi connectivity index (χ3n) is 3.17. The largest absolute Gasteiger partial charge is 0.497 e. The van der Waals surface area contributed by atoms with Crippen LogP contribution in [0.15, 0.2) is 18.2 Å². The van der Waals surface area contributed by atoms with E-state index in [0.29, 0.717) is 30.9 Å². The van der Waals surface area contributed by atoms with Crippen molar-refractivity contribution in [1.29, 1.82) is 0 Å². The quantitative estimate of drug-likeness (QED) is 0.758. The summed E-state index contributed by atoms with van der Waals surface area (Å²) in [5.74, 6) is 1.02. The lowest BCUT2D eigenvalue weighted by molar-refractivity contribution is -0.128. The first kappa shape index (κ1) is 17.8. The lowest BCUT2D eigenvalue weighted by atomic mass is 10.1.